The van der Waals surface area contributed by atoms with Crippen molar-refractivity contribution in [1.82, 2.24) is 5.32 Å². The summed E-state index contributed by atoms with van der Waals surface area (Å²) < 4.78 is 12.8. The molecule has 0 radical (unpaired) electrons. The van der Waals surface area contributed by atoms with Crippen LogP contribution in [0.15, 0.2) is 24.3 Å². The first-order chi connectivity index (χ1) is 8.63. The molecule has 3 heteroatoms. The summed E-state index contributed by atoms with van der Waals surface area (Å²) in [6.07, 6.45) is 3.45. The van der Waals surface area contributed by atoms with E-state index in [2.05, 4.69) is 5.32 Å². The minimum atomic E-state index is -0.242. The van der Waals surface area contributed by atoms with Crippen LogP contribution in [0.5, 0.6) is 0 Å². The highest BCUT2D eigenvalue weighted by atomic mass is 19.1. The Balaban J connectivity index is 1.58. The fourth-order valence-corrected chi connectivity index (χ4v) is 3.09. The van der Waals surface area contributed by atoms with Gasteiger partial charge in [-0.1, -0.05) is 12.1 Å². The highest BCUT2D eigenvalue weighted by Gasteiger charge is 2.48. The average Bonchev–Trinajstić information content (AvgIpc) is 2.96. The largest absolute Gasteiger partial charge is 0.349 e. The predicted molar refractivity (Wildman–Crippen MR) is 67.3 cm³/mol. The van der Waals surface area contributed by atoms with E-state index in [-0.39, 0.29) is 23.7 Å². The first-order valence-electron chi connectivity index (χ1n) is 6.69. The van der Waals surface area contributed by atoms with Gasteiger partial charge in [0.2, 0.25) is 5.91 Å². The smallest absolute Gasteiger partial charge is 0.223 e. The molecule has 3 atom stereocenters. The van der Waals surface area contributed by atoms with Gasteiger partial charge in [0, 0.05) is 5.92 Å². The van der Waals surface area contributed by atoms with Gasteiger partial charge in [-0.25, -0.2) is 4.39 Å². The summed E-state index contributed by atoms with van der Waals surface area (Å²) in [4.78, 5) is 12.1. The first kappa shape index (κ1) is 11.7. The molecule has 0 spiro atoms. The SMILES string of the molecule is C[C@@H](NC(=O)C1CC2CC2C1)c1ccc(F)cc1. The molecule has 2 aliphatic carbocycles. The topological polar surface area (TPSA) is 29.1 Å². The summed E-state index contributed by atoms with van der Waals surface area (Å²) in [5, 5.41) is 3.04. The van der Waals surface area contributed by atoms with E-state index in [0.717, 1.165) is 30.2 Å². The predicted octanol–water partition coefficient (Wildman–Crippen LogP) is 3.05. The van der Waals surface area contributed by atoms with Gasteiger partial charge in [-0.15, -0.1) is 0 Å². The number of carbonyl (C=O) groups is 1. The Labute approximate surface area is 107 Å². The van der Waals surface area contributed by atoms with Crippen molar-refractivity contribution in [3.63, 3.8) is 0 Å². The van der Waals surface area contributed by atoms with E-state index in [0.29, 0.717) is 0 Å². The number of carbonyl (C=O) groups excluding carboxylic acids is 1. The maximum Gasteiger partial charge on any atom is 0.223 e. The van der Waals surface area contributed by atoms with Crippen LogP contribution in [0.1, 0.15) is 37.8 Å². The minimum Gasteiger partial charge on any atom is -0.349 e. The monoisotopic (exact) mass is 247 g/mol. The van der Waals surface area contributed by atoms with Crippen LogP contribution in [0, 0.1) is 23.6 Å². The normalized spacial score (nSPS) is 30.7. The third-order valence-corrected chi connectivity index (χ3v) is 4.34. The first-order valence-corrected chi connectivity index (χ1v) is 6.69. The number of fused-ring (bicyclic) bond motifs is 1. The summed E-state index contributed by atoms with van der Waals surface area (Å²) in [5.41, 5.74) is 0.952. The molecule has 18 heavy (non-hydrogen) atoms. The molecule has 1 amide bonds. The molecule has 1 aromatic rings. The maximum atomic E-state index is 12.8. The zero-order valence-electron chi connectivity index (χ0n) is 10.5. The van der Waals surface area contributed by atoms with Crippen molar-refractivity contribution in [3.8, 4) is 0 Å². The van der Waals surface area contributed by atoms with Crippen LogP contribution in [0.2, 0.25) is 0 Å². The van der Waals surface area contributed by atoms with E-state index in [1.165, 1.54) is 18.6 Å². The molecular formula is C15H18FNO. The fraction of sp³-hybridized carbons (Fsp3) is 0.533. The Morgan fingerprint density at radius 2 is 1.83 bits per heavy atom. The Morgan fingerprint density at radius 1 is 1.22 bits per heavy atom. The quantitative estimate of drug-likeness (QED) is 0.874. The van der Waals surface area contributed by atoms with E-state index in [1.54, 1.807) is 12.1 Å². The van der Waals surface area contributed by atoms with Gasteiger partial charge in [0.25, 0.3) is 0 Å². The van der Waals surface area contributed by atoms with Gasteiger partial charge < -0.3 is 5.32 Å². The second-order valence-electron chi connectivity index (χ2n) is 5.71. The molecule has 0 aromatic heterocycles. The lowest BCUT2D eigenvalue weighted by Gasteiger charge is -2.18. The number of hydrogen-bond acceptors (Lipinski definition) is 1. The lowest BCUT2D eigenvalue weighted by molar-refractivity contribution is -0.125. The second kappa shape index (κ2) is 4.38. The van der Waals surface area contributed by atoms with Gasteiger partial charge in [-0.3, -0.25) is 4.79 Å². The third-order valence-electron chi connectivity index (χ3n) is 4.34. The Kier molecular flexibility index (Phi) is 2.84. The summed E-state index contributed by atoms with van der Waals surface area (Å²) in [5.74, 6) is 1.77. The average molecular weight is 247 g/mol. The molecule has 2 fully saturated rings. The van der Waals surface area contributed by atoms with Crippen molar-refractivity contribution in [3.05, 3.63) is 35.6 Å². The summed E-state index contributed by atoms with van der Waals surface area (Å²) in [6, 6.07) is 6.28. The molecule has 2 aliphatic rings. The molecule has 0 heterocycles. The second-order valence-corrected chi connectivity index (χ2v) is 5.71. The van der Waals surface area contributed by atoms with Crippen LogP contribution in [0.3, 0.4) is 0 Å². The van der Waals surface area contributed by atoms with Crippen molar-refractivity contribution in [2.75, 3.05) is 0 Å². The minimum absolute atomic E-state index is 0.0463. The van der Waals surface area contributed by atoms with Crippen molar-refractivity contribution in [2.24, 2.45) is 17.8 Å². The van der Waals surface area contributed by atoms with Crippen LogP contribution in [0.4, 0.5) is 4.39 Å². The third kappa shape index (κ3) is 2.26. The fourth-order valence-electron chi connectivity index (χ4n) is 3.09. The van der Waals surface area contributed by atoms with Gasteiger partial charge in [-0.2, -0.15) is 0 Å². The van der Waals surface area contributed by atoms with E-state index in [4.69, 9.17) is 0 Å². The molecule has 2 saturated carbocycles. The summed E-state index contributed by atoms with van der Waals surface area (Å²) in [7, 11) is 0. The number of hydrogen-bond donors (Lipinski definition) is 1. The number of benzene rings is 1. The van der Waals surface area contributed by atoms with Gasteiger partial charge in [0.05, 0.1) is 6.04 Å². The zero-order valence-corrected chi connectivity index (χ0v) is 10.5. The van der Waals surface area contributed by atoms with E-state index in [9.17, 15) is 9.18 Å². The van der Waals surface area contributed by atoms with Crippen molar-refractivity contribution >= 4 is 5.91 Å². The van der Waals surface area contributed by atoms with Crippen molar-refractivity contribution in [1.29, 1.82) is 0 Å². The molecule has 96 valence electrons. The molecule has 2 nitrogen and oxygen atoms in total. The molecule has 3 rings (SSSR count). The van der Waals surface area contributed by atoms with Gasteiger partial charge in [0.1, 0.15) is 5.82 Å². The summed E-state index contributed by atoms with van der Waals surface area (Å²) in [6.45, 7) is 1.95. The number of rotatable bonds is 3. The highest BCUT2D eigenvalue weighted by molar-refractivity contribution is 5.79. The number of amides is 1. The molecule has 2 unspecified atom stereocenters. The van der Waals surface area contributed by atoms with Crippen LogP contribution in [0.25, 0.3) is 0 Å². The molecule has 0 saturated heterocycles. The molecule has 1 aromatic carbocycles. The zero-order chi connectivity index (χ0) is 12.7. The van der Waals surface area contributed by atoms with E-state index >= 15 is 0 Å². The maximum absolute atomic E-state index is 12.8. The van der Waals surface area contributed by atoms with Crippen LogP contribution in [-0.4, -0.2) is 5.91 Å². The van der Waals surface area contributed by atoms with Gasteiger partial charge in [0.15, 0.2) is 0 Å². The number of nitrogens with one attached hydrogen (secondary N) is 1. The molecule has 1 N–H and O–H groups in total. The van der Waals surface area contributed by atoms with Gasteiger partial charge in [-0.05, 0) is 55.7 Å². The standard InChI is InChI=1S/C15H18FNO/c1-9(10-2-4-14(16)5-3-10)17-15(18)13-7-11-6-12(11)8-13/h2-5,9,11-13H,6-8H2,1H3,(H,17,18)/t9-,11?,12?,13?/m1/s1. The summed E-state index contributed by atoms with van der Waals surface area (Å²) >= 11 is 0. The molecule has 0 bridgehead atoms. The van der Waals surface area contributed by atoms with Crippen LogP contribution < -0.4 is 5.32 Å². The van der Waals surface area contributed by atoms with Crippen molar-refractivity contribution in [2.45, 2.75) is 32.2 Å². The Bertz CT molecular complexity index is 446. The Hall–Kier alpha value is -1.38. The Morgan fingerprint density at radius 3 is 2.44 bits per heavy atom. The van der Waals surface area contributed by atoms with Gasteiger partial charge >= 0.3 is 0 Å². The van der Waals surface area contributed by atoms with E-state index in [1.807, 2.05) is 6.92 Å². The van der Waals surface area contributed by atoms with Crippen molar-refractivity contribution < 1.29 is 9.18 Å². The van der Waals surface area contributed by atoms with Crippen LogP contribution >= 0.6 is 0 Å². The lowest BCUT2D eigenvalue weighted by atomic mass is 10.0. The highest BCUT2D eigenvalue weighted by Crippen LogP contribution is 2.54. The number of halogens is 1. The molecular weight excluding hydrogens is 229 g/mol. The lowest BCUT2D eigenvalue weighted by Crippen LogP contribution is -2.32. The van der Waals surface area contributed by atoms with E-state index < -0.39 is 0 Å². The molecule has 0 aliphatic heterocycles. The van der Waals surface area contributed by atoms with Crippen LogP contribution in [-0.2, 0) is 4.79 Å².